The first kappa shape index (κ1) is 21.0. The Balaban J connectivity index is 2.08. The van der Waals surface area contributed by atoms with Crippen molar-refractivity contribution in [3.63, 3.8) is 0 Å². The molecule has 2 aromatic rings. The molecule has 0 saturated heterocycles. The van der Waals surface area contributed by atoms with E-state index in [9.17, 15) is 14.9 Å². The number of nitro benzene ring substituents is 1. The van der Waals surface area contributed by atoms with E-state index < -0.39 is 4.92 Å². The van der Waals surface area contributed by atoms with Crippen LogP contribution in [-0.2, 0) is 11.3 Å². The summed E-state index contributed by atoms with van der Waals surface area (Å²) in [6.07, 6.45) is 0. The fourth-order valence-corrected chi connectivity index (χ4v) is 2.77. The van der Waals surface area contributed by atoms with Crippen LogP contribution in [0, 0.1) is 10.1 Å². The summed E-state index contributed by atoms with van der Waals surface area (Å²) in [6, 6.07) is 9.55. The molecule has 0 fully saturated rings. The molecule has 9 heteroatoms. The van der Waals surface area contributed by atoms with Gasteiger partial charge in [-0.05, 0) is 19.2 Å². The minimum atomic E-state index is -0.531. The van der Waals surface area contributed by atoms with E-state index in [1.807, 2.05) is 12.1 Å². The van der Waals surface area contributed by atoms with Gasteiger partial charge in [-0.3, -0.25) is 19.8 Å². The summed E-state index contributed by atoms with van der Waals surface area (Å²) in [5.41, 5.74) is 0.977. The number of nitro groups is 1. The molecule has 0 bridgehead atoms. The van der Waals surface area contributed by atoms with Gasteiger partial charge >= 0.3 is 0 Å². The lowest BCUT2D eigenvalue weighted by molar-refractivity contribution is -0.384. The van der Waals surface area contributed by atoms with Crippen molar-refractivity contribution in [1.29, 1.82) is 0 Å². The fourth-order valence-electron chi connectivity index (χ4n) is 2.77. The second-order valence-corrected chi connectivity index (χ2v) is 6.01. The number of carbonyl (C=O) groups is 1. The van der Waals surface area contributed by atoms with Crippen LogP contribution >= 0.6 is 0 Å². The van der Waals surface area contributed by atoms with Crippen molar-refractivity contribution < 1.29 is 23.9 Å². The molecule has 0 atom stereocenters. The van der Waals surface area contributed by atoms with Crippen LogP contribution in [0.15, 0.2) is 36.4 Å². The molecule has 9 nitrogen and oxygen atoms in total. The Morgan fingerprint density at radius 2 is 1.82 bits per heavy atom. The van der Waals surface area contributed by atoms with Gasteiger partial charge in [0.1, 0.15) is 5.75 Å². The molecular formula is C19H23N3O6. The van der Waals surface area contributed by atoms with Crippen LogP contribution in [0.25, 0.3) is 0 Å². The van der Waals surface area contributed by atoms with Crippen LogP contribution < -0.4 is 19.5 Å². The van der Waals surface area contributed by atoms with Gasteiger partial charge in [0.15, 0.2) is 11.5 Å². The molecule has 1 amide bonds. The fraction of sp³-hybridized carbons (Fsp3) is 0.316. The van der Waals surface area contributed by atoms with Crippen molar-refractivity contribution in [3.05, 3.63) is 52.1 Å². The van der Waals surface area contributed by atoms with Crippen LogP contribution in [0.2, 0.25) is 0 Å². The minimum absolute atomic E-state index is 0.0617. The summed E-state index contributed by atoms with van der Waals surface area (Å²) in [5.74, 6) is 1.23. The third kappa shape index (κ3) is 5.10. The molecule has 0 radical (unpaired) electrons. The Kier molecular flexibility index (Phi) is 7.16. The highest BCUT2D eigenvalue weighted by atomic mass is 16.6. The van der Waals surface area contributed by atoms with E-state index in [4.69, 9.17) is 14.2 Å². The van der Waals surface area contributed by atoms with Crippen molar-refractivity contribution in [2.45, 2.75) is 6.54 Å². The van der Waals surface area contributed by atoms with Gasteiger partial charge < -0.3 is 19.5 Å². The van der Waals surface area contributed by atoms with E-state index in [1.54, 1.807) is 32.2 Å². The number of rotatable bonds is 9. The van der Waals surface area contributed by atoms with Gasteiger partial charge in [0.05, 0.1) is 38.5 Å². The van der Waals surface area contributed by atoms with E-state index in [2.05, 4.69) is 5.32 Å². The molecule has 28 heavy (non-hydrogen) atoms. The topological polar surface area (TPSA) is 103 Å². The molecule has 0 aliphatic heterocycles. The summed E-state index contributed by atoms with van der Waals surface area (Å²) in [5, 5.41) is 13.6. The molecule has 2 rings (SSSR count). The number of amides is 1. The predicted molar refractivity (Wildman–Crippen MR) is 104 cm³/mol. The van der Waals surface area contributed by atoms with Crippen molar-refractivity contribution in [2.75, 3.05) is 40.2 Å². The molecule has 0 spiro atoms. The van der Waals surface area contributed by atoms with Gasteiger partial charge in [-0.15, -0.1) is 0 Å². The molecule has 0 heterocycles. The number of nitrogens with zero attached hydrogens (tertiary/aromatic N) is 2. The number of benzene rings is 2. The molecule has 0 aromatic heterocycles. The quantitative estimate of drug-likeness (QED) is 0.519. The standard InChI is InChI=1S/C19H23N3O6/c1-21(11-13-6-5-7-17(27-3)19(13)28-4)12-18(23)20-15-10-14(22(24)25)8-9-16(15)26-2/h5-10H,11-12H2,1-4H3,(H,20,23). The SMILES string of the molecule is COc1ccc([N+](=O)[O-])cc1NC(=O)CN(C)Cc1cccc(OC)c1OC. The third-order valence-electron chi connectivity index (χ3n) is 4.01. The molecule has 0 aliphatic carbocycles. The van der Waals surface area contributed by atoms with Crippen LogP contribution in [-0.4, -0.2) is 50.7 Å². The minimum Gasteiger partial charge on any atom is -0.495 e. The largest absolute Gasteiger partial charge is 0.495 e. The predicted octanol–water partition coefficient (Wildman–Crippen LogP) is 2.69. The van der Waals surface area contributed by atoms with Crippen molar-refractivity contribution >= 4 is 17.3 Å². The first-order valence-electron chi connectivity index (χ1n) is 8.40. The van der Waals surface area contributed by atoms with E-state index >= 15 is 0 Å². The lowest BCUT2D eigenvalue weighted by atomic mass is 10.1. The van der Waals surface area contributed by atoms with Crippen LogP contribution in [0.4, 0.5) is 11.4 Å². The van der Waals surface area contributed by atoms with Gasteiger partial charge in [0, 0.05) is 24.2 Å². The van der Waals surface area contributed by atoms with Crippen molar-refractivity contribution in [3.8, 4) is 17.2 Å². The maximum atomic E-state index is 12.4. The van der Waals surface area contributed by atoms with Crippen molar-refractivity contribution in [1.82, 2.24) is 4.90 Å². The molecule has 0 unspecified atom stereocenters. The monoisotopic (exact) mass is 389 g/mol. The first-order chi connectivity index (χ1) is 13.4. The van der Waals surface area contributed by atoms with E-state index in [1.165, 1.54) is 25.3 Å². The normalized spacial score (nSPS) is 10.5. The van der Waals surface area contributed by atoms with Crippen LogP contribution in [0.1, 0.15) is 5.56 Å². The molecule has 1 N–H and O–H groups in total. The average molecular weight is 389 g/mol. The Hall–Kier alpha value is -3.33. The van der Waals surface area contributed by atoms with Crippen LogP contribution in [0.3, 0.4) is 0 Å². The van der Waals surface area contributed by atoms with Gasteiger partial charge in [-0.25, -0.2) is 0 Å². The Morgan fingerprint density at radius 3 is 2.43 bits per heavy atom. The zero-order chi connectivity index (χ0) is 20.7. The summed E-state index contributed by atoms with van der Waals surface area (Å²) in [4.78, 5) is 24.6. The van der Waals surface area contributed by atoms with E-state index in [0.29, 0.717) is 23.8 Å². The molecular weight excluding hydrogens is 366 g/mol. The van der Waals surface area contributed by atoms with E-state index in [-0.39, 0.29) is 23.8 Å². The Bertz CT molecular complexity index is 856. The number of nitrogens with one attached hydrogen (secondary N) is 1. The van der Waals surface area contributed by atoms with Gasteiger partial charge in [-0.2, -0.15) is 0 Å². The average Bonchev–Trinajstić information content (AvgIpc) is 2.67. The van der Waals surface area contributed by atoms with Gasteiger partial charge in [-0.1, -0.05) is 12.1 Å². The number of para-hydroxylation sites is 1. The van der Waals surface area contributed by atoms with E-state index in [0.717, 1.165) is 5.56 Å². The number of ether oxygens (including phenoxy) is 3. The molecule has 2 aromatic carbocycles. The Labute approximate surface area is 163 Å². The lowest BCUT2D eigenvalue weighted by Gasteiger charge is -2.19. The zero-order valence-electron chi connectivity index (χ0n) is 16.2. The highest BCUT2D eigenvalue weighted by Crippen LogP contribution is 2.31. The maximum Gasteiger partial charge on any atom is 0.271 e. The molecule has 0 saturated carbocycles. The highest BCUT2D eigenvalue weighted by molar-refractivity contribution is 5.94. The molecule has 0 aliphatic rings. The zero-order valence-corrected chi connectivity index (χ0v) is 16.2. The second-order valence-electron chi connectivity index (χ2n) is 6.01. The summed E-state index contributed by atoms with van der Waals surface area (Å²) >= 11 is 0. The number of likely N-dealkylation sites (N-methyl/N-ethyl adjacent to an activating group) is 1. The summed E-state index contributed by atoms with van der Waals surface area (Å²) < 4.78 is 15.8. The number of carbonyl (C=O) groups excluding carboxylic acids is 1. The highest BCUT2D eigenvalue weighted by Gasteiger charge is 2.16. The third-order valence-corrected chi connectivity index (χ3v) is 4.01. The van der Waals surface area contributed by atoms with Crippen molar-refractivity contribution in [2.24, 2.45) is 0 Å². The number of non-ortho nitro benzene ring substituents is 1. The van der Waals surface area contributed by atoms with Gasteiger partial charge in [0.2, 0.25) is 5.91 Å². The maximum absolute atomic E-state index is 12.4. The number of hydrogen-bond donors (Lipinski definition) is 1. The van der Waals surface area contributed by atoms with Gasteiger partial charge in [0.25, 0.3) is 5.69 Å². The van der Waals surface area contributed by atoms with Crippen LogP contribution in [0.5, 0.6) is 17.2 Å². The summed E-state index contributed by atoms with van der Waals surface area (Å²) in [6.45, 7) is 0.506. The first-order valence-corrected chi connectivity index (χ1v) is 8.40. The number of methoxy groups -OCH3 is 3. The molecule has 150 valence electrons. The second kappa shape index (κ2) is 9.56. The summed E-state index contributed by atoms with van der Waals surface area (Å²) in [7, 11) is 6.33. The number of anilines is 1. The Morgan fingerprint density at radius 1 is 1.11 bits per heavy atom. The smallest absolute Gasteiger partial charge is 0.271 e. The number of hydrogen-bond acceptors (Lipinski definition) is 7. The lowest BCUT2D eigenvalue weighted by Crippen LogP contribution is -2.30.